The molecule has 58 heavy (non-hydrogen) atoms. The maximum atomic E-state index is 14.2. The maximum Gasteiger partial charge on any atom is 0.417 e. The Labute approximate surface area is 339 Å². The van der Waals surface area contributed by atoms with Gasteiger partial charge in [-0.3, -0.25) is 14.9 Å². The number of alkyl halides is 3. The van der Waals surface area contributed by atoms with Crippen LogP contribution >= 0.6 is 11.6 Å². The lowest BCUT2D eigenvalue weighted by Crippen LogP contribution is -2.63. The van der Waals surface area contributed by atoms with Crippen molar-refractivity contribution in [3.63, 3.8) is 0 Å². The Morgan fingerprint density at radius 3 is 2.52 bits per heavy atom. The highest BCUT2D eigenvalue weighted by atomic mass is 35.5. The van der Waals surface area contributed by atoms with E-state index in [1.54, 1.807) is 44.2 Å². The Morgan fingerprint density at radius 2 is 1.88 bits per heavy atom. The number of allylic oxidation sites excluding steroid dienone is 3. The molecule has 2 unspecified atom stereocenters. The third-order valence-electron chi connectivity index (χ3n) is 11.0. The highest BCUT2D eigenvalue weighted by Gasteiger charge is 2.64. The number of nitrogens with one attached hydrogen (secondary N) is 1. The Morgan fingerprint density at radius 1 is 1.19 bits per heavy atom. The number of esters is 1. The van der Waals surface area contributed by atoms with E-state index in [2.05, 4.69) is 5.32 Å². The minimum Gasteiger partial charge on any atom is -0.495 e. The van der Waals surface area contributed by atoms with Crippen LogP contribution < -0.4 is 20.7 Å². The van der Waals surface area contributed by atoms with Crippen LogP contribution in [0.5, 0.6) is 5.75 Å². The van der Waals surface area contributed by atoms with Crippen molar-refractivity contribution in [2.24, 2.45) is 5.92 Å². The number of carbonyl (C=O) groups excluding carboxylic acids is 4. The summed E-state index contributed by atoms with van der Waals surface area (Å²) in [5, 5.41) is 14.3. The molecule has 5 rings (SSSR count). The van der Waals surface area contributed by atoms with Gasteiger partial charge in [-0.2, -0.15) is 13.2 Å². The summed E-state index contributed by atoms with van der Waals surface area (Å²) in [5.74, 6) is -3.13. The number of likely N-dealkylation sites (N-methyl/N-ethyl adjacent to an activating group) is 1. The van der Waals surface area contributed by atoms with Crippen LogP contribution in [-0.2, 0) is 41.1 Å². The molecule has 3 aliphatic rings. The molecule has 2 saturated heterocycles. The smallest absolute Gasteiger partial charge is 0.417 e. The number of fused-ring (bicyclic) bond motifs is 5. The van der Waals surface area contributed by atoms with Gasteiger partial charge < -0.3 is 44.3 Å². The standard InChI is InChI=1S/C40H48ClF3N4O10/c1-20-10-9-11-30(55-8)39(53)19-29(56-37(52)46-39)21(2)34-38(4,58-34)31(18-32(49)48(6)27-15-23(14-20)16-28(54-7)33(27)41)57-36(51)22(3)47(5)35(50)25-13-12-24(45)17-26(25)40(42,43)44/h9-13,15-17,21-22,29-31,34,53H,14,18-19,45H2,1-8H3,(H,46,52)/b11-9+,20-10+/t21-,22+,29?,30-,31+,34?,38+,39+/m1/s1. The summed E-state index contributed by atoms with van der Waals surface area (Å²) >= 11 is 6.73. The lowest BCUT2D eigenvalue weighted by atomic mass is 9.83. The Hall–Kier alpha value is -4.84. The van der Waals surface area contributed by atoms with E-state index in [9.17, 15) is 37.5 Å². The van der Waals surface area contributed by atoms with E-state index >= 15 is 0 Å². The van der Waals surface area contributed by atoms with Gasteiger partial charge in [0.25, 0.3) is 5.91 Å². The number of benzene rings is 2. The van der Waals surface area contributed by atoms with Gasteiger partial charge >= 0.3 is 18.2 Å². The molecule has 0 aromatic heterocycles. The van der Waals surface area contributed by atoms with Crippen molar-refractivity contribution in [2.75, 3.05) is 38.9 Å². The average Bonchev–Trinajstić information content (AvgIpc) is 3.86. The van der Waals surface area contributed by atoms with Gasteiger partial charge in [0.2, 0.25) is 5.91 Å². The summed E-state index contributed by atoms with van der Waals surface area (Å²) in [4.78, 5) is 56.5. The number of methoxy groups -OCH3 is 2. The van der Waals surface area contributed by atoms with Crippen molar-refractivity contribution in [1.29, 1.82) is 0 Å². The molecule has 3 aliphatic heterocycles. The quantitative estimate of drug-likeness (QED) is 0.192. The average molecular weight is 837 g/mol. The molecule has 4 bridgehead atoms. The number of nitrogens with two attached hydrogens (primary N) is 1. The van der Waals surface area contributed by atoms with Crippen LogP contribution in [0, 0.1) is 5.92 Å². The van der Waals surface area contributed by atoms with Gasteiger partial charge in [0.15, 0.2) is 5.72 Å². The number of carbonyl (C=O) groups is 4. The first-order chi connectivity index (χ1) is 27.0. The van der Waals surface area contributed by atoms with Crippen LogP contribution in [0.2, 0.25) is 5.02 Å². The molecule has 14 nitrogen and oxygen atoms in total. The number of nitrogen functional groups attached to an aromatic ring is 1. The zero-order chi connectivity index (χ0) is 43.1. The third-order valence-corrected chi connectivity index (χ3v) is 11.4. The highest BCUT2D eigenvalue weighted by molar-refractivity contribution is 6.35. The van der Waals surface area contributed by atoms with Crippen LogP contribution in [0.25, 0.3) is 0 Å². The predicted molar refractivity (Wildman–Crippen MR) is 206 cm³/mol. The summed E-state index contributed by atoms with van der Waals surface area (Å²) in [6.45, 7) is 6.43. The molecule has 3 heterocycles. The first-order valence-electron chi connectivity index (χ1n) is 18.4. The zero-order valence-electron chi connectivity index (χ0n) is 33.3. The van der Waals surface area contributed by atoms with Crippen molar-refractivity contribution < 1.29 is 61.1 Å². The fourth-order valence-corrected chi connectivity index (χ4v) is 7.66. The lowest BCUT2D eigenvalue weighted by molar-refractivity contribution is -0.158. The van der Waals surface area contributed by atoms with Crippen molar-refractivity contribution in [1.82, 2.24) is 10.2 Å². The third kappa shape index (κ3) is 9.07. The topological polar surface area (TPSA) is 182 Å². The van der Waals surface area contributed by atoms with E-state index in [-0.39, 0.29) is 22.8 Å². The Bertz CT molecular complexity index is 2010. The summed E-state index contributed by atoms with van der Waals surface area (Å²) in [6.07, 6.45) is -5.15. The SMILES string of the molecule is COc1cc2cc(c1Cl)N(C)C(=O)C[C@H](OC(=O)[C@H](C)N(C)C(=O)c1ccc(N)cc1C(F)(F)F)[C@]1(C)OC1[C@H](C)C1C[C@@](O)(NC(=O)O1)[C@H](OC)/C=C/C=C(\C)C2. The van der Waals surface area contributed by atoms with Gasteiger partial charge in [0.05, 0.1) is 36.4 Å². The number of rotatable bonds is 6. The number of nitrogens with zero attached hydrogens (tertiary/aromatic N) is 2. The van der Waals surface area contributed by atoms with E-state index in [1.807, 2.05) is 6.92 Å². The summed E-state index contributed by atoms with van der Waals surface area (Å²) in [7, 11) is 5.44. The van der Waals surface area contributed by atoms with Crippen LogP contribution in [0.4, 0.5) is 29.3 Å². The molecule has 0 saturated carbocycles. The molecule has 2 aromatic rings. The summed E-state index contributed by atoms with van der Waals surface area (Å²) in [5.41, 5.74) is 1.91. The van der Waals surface area contributed by atoms with Crippen LogP contribution in [0.15, 0.2) is 54.1 Å². The van der Waals surface area contributed by atoms with E-state index in [4.69, 9.17) is 41.0 Å². The van der Waals surface area contributed by atoms with Gasteiger partial charge in [-0.05, 0) is 63.1 Å². The highest BCUT2D eigenvalue weighted by Crippen LogP contribution is 2.49. The monoisotopic (exact) mass is 836 g/mol. The fraction of sp³-hybridized carbons (Fsp3) is 0.500. The van der Waals surface area contributed by atoms with E-state index in [0.717, 1.165) is 35.2 Å². The van der Waals surface area contributed by atoms with Crippen molar-refractivity contribution in [2.45, 2.75) is 94.9 Å². The molecule has 0 aliphatic carbocycles. The molecular formula is C40H48ClF3N4O10. The summed E-state index contributed by atoms with van der Waals surface area (Å²) in [6, 6.07) is 4.67. The van der Waals surface area contributed by atoms with Crippen LogP contribution in [0.1, 0.15) is 62.0 Å². The maximum absolute atomic E-state index is 14.2. The van der Waals surface area contributed by atoms with E-state index in [0.29, 0.717) is 18.2 Å². The first kappa shape index (κ1) is 44.3. The number of epoxide rings is 1. The molecule has 0 radical (unpaired) electrons. The molecule has 2 aromatic carbocycles. The second-order valence-electron chi connectivity index (χ2n) is 15.1. The van der Waals surface area contributed by atoms with Gasteiger partial charge in [-0.25, -0.2) is 9.59 Å². The van der Waals surface area contributed by atoms with Gasteiger partial charge in [-0.1, -0.05) is 42.3 Å². The predicted octanol–water partition coefficient (Wildman–Crippen LogP) is 5.43. The van der Waals surface area contributed by atoms with Gasteiger partial charge in [0, 0.05) is 39.2 Å². The zero-order valence-corrected chi connectivity index (χ0v) is 34.1. The number of anilines is 2. The van der Waals surface area contributed by atoms with Crippen molar-refractivity contribution in [3.05, 3.63) is 75.8 Å². The summed E-state index contributed by atoms with van der Waals surface area (Å²) < 4.78 is 70.7. The van der Waals surface area contributed by atoms with Crippen molar-refractivity contribution >= 4 is 46.9 Å². The molecule has 0 spiro atoms. The van der Waals surface area contributed by atoms with Crippen LogP contribution in [0.3, 0.4) is 0 Å². The minimum absolute atomic E-state index is 0.135. The Kier molecular flexibility index (Phi) is 12.8. The van der Waals surface area contributed by atoms with Crippen molar-refractivity contribution in [3.8, 4) is 5.75 Å². The first-order valence-corrected chi connectivity index (χ1v) is 18.8. The number of hydrogen-bond donors (Lipinski definition) is 3. The number of alkyl carbamates (subject to hydrolysis) is 1. The van der Waals surface area contributed by atoms with E-state index in [1.165, 1.54) is 33.1 Å². The number of ether oxygens (including phenoxy) is 5. The second kappa shape index (κ2) is 16.8. The lowest BCUT2D eigenvalue weighted by Gasteiger charge is -2.42. The van der Waals surface area contributed by atoms with Gasteiger partial charge in [0.1, 0.15) is 40.7 Å². The normalized spacial score (nSPS) is 29.8. The van der Waals surface area contributed by atoms with E-state index < -0.39 is 95.3 Å². The number of hydrogen-bond acceptors (Lipinski definition) is 11. The fourth-order valence-electron chi connectivity index (χ4n) is 7.35. The molecule has 2 fully saturated rings. The Balaban J connectivity index is 1.53. The second-order valence-corrected chi connectivity index (χ2v) is 15.5. The van der Waals surface area contributed by atoms with Gasteiger partial charge in [-0.15, -0.1) is 0 Å². The molecule has 18 heteroatoms. The molecule has 316 valence electrons. The molecule has 8 atom stereocenters. The van der Waals surface area contributed by atoms with Crippen LogP contribution in [-0.4, -0.2) is 104 Å². The number of aliphatic hydroxyl groups is 1. The molecule has 3 amide bonds. The minimum atomic E-state index is -4.93. The number of halogens is 4. The molecule has 4 N–H and O–H groups in total. The molecular weight excluding hydrogens is 789 g/mol. The largest absolute Gasteiger partial charge is 0.495 e. The number of amides is 3.